The van der Waals surface area contributed by atoms with Crippen LogP contribution in [0.15, 0.2) is 58.3 Å². The second-order valence-electron chi connectivity index (χ2n) is 9.23. The monoisotopic (exact) mass is 459 g/mol. The van der Waals surface area contributed by atoms with Gasteiger partial charge in [-0.2, -0.15) is 10.2 Å². The summed E-state index contributed by atoms with van der Waals surface area (Å²) >= 11 is 0. The van der Waals surface area contributed by atoms with Gasteiger partial charge >= 0.3 is 0 Å². The molecule has 1 atom stereocenters. The van der Waals surface area contributed by atoms with E-state index in [1.165, 1.54) is 0 Å². The number of anilines is 1. The van der Waals surface area contributed by atoms with Crippen molar-refractivity contribution in [1.29, 1.82) is 0 Å². The zero-order valence-electron chi connectivity index (χ0n) is 19.7. The molecule has 0 radical (unpaired) electrons. The molecule has 5 rings (SSSR count). The molecule has 0 spiro atoms. The van der Waals surface area contributed by atoms with Gasteiger partial charge in [-0.15, -0.1) is 0 Å². The Morgan fingerprint density at radius 3 is 2.56 bits per heavy atom. The van der Waals surface area contributed by atoms with Crippen molar-refractivity contribution in [3.8, 4) is 5.75 Å². The number of hydrogen-bond donors (Lipinski definition) is 1. The van der Waals surface area contributed by atoms with Crippen LogP contribution in [0.1, 0.15) is 40.4 Å². The van der Waals surface area contributed by atoms with Crippen molar-refractivity contribution in [2.75, 3.05) is 46.2 Å². The van der Waals surface area contributed by atoms with Gasteiger partial charge in [0.25, 0.3) is 0 Å². The van der Waals surface area contributed by atoms with Crippen molar-refractivity contribution in [1.82, 2.24) is 9.80 Å². The summed E-state index contributed by atoms with van der Waals surface area (Å²) in [6, 6.07) is 13.1. The predicted octanol–water partition coefficient (Wildman–Crippen LogP) is 3.77. The number of fused-ring (bicyclic) bond motifs is 3. The third-order valence-electron chi connectivity index (χ3n) is 6.96. The first-order chi connectivity index (χ1) is 16.5. The number of amides is 1. The molecule has 0 bridgehead atoms. The zero-order valence-corrected chi connectivity index (χ0v) is 19.7. The lowest BCUT2D eigenvalue weighted by molar-refractivity contribution is -0.117. The van der Waals surface area contributed by atoms with Gasteiger partial charge in [0.05, 0.1) is 30.5 Å². The number of carbonyl (C=O) groups is 2. The predicted molar refractivity (Wildman–Crippen MR) is 130 cm³/mol. The summed E-state index contributed by atoms with van der Waals surface area (Å²) in [5.74, 6) is 0.504. The Morgan fingerprint density at radius 2 is 1.88 bits per heavy atom. The van der Waals surface area contributed by atoms with Crippen LogP contribution in [0.25, 0.3) is 5.70 Å². The van der Waals surface area contributed by atoms with Crippen LogP contribution < -0.4 is 10.1 Å². The Hall–Kier alpha value is -3.36. The summed E-state index contributed by atoms with van der Waals surface area (Å²) < 4.78 is 5.23. The number of azo groups is 1. The number of ketones is 1. The Bertz CT molecular complexity index is 1180. The number of carbonyl (C=O) groups excluding carboxylic acids is 2. The highest BCUT2D eigenvalue weighted by Crippen LogP contribution is 2.49. The second kappa shape index (κ2) is 9.12. The highest BCUT2D eigenvalue weighted by atomic mass is 16.5. The average Bonchev–Trinajstić information content (AvgIpc) is 3.40. The van der Waals surface area contributed by atoms with E-state index in [2.05, 4.69) is 39.4 Å². The summed E-state index contributed by atoms with van der Waals surface area (Å²) in [6.07, 6.45) is 2.10. The van der Waals surface area contributed by atoms with Gasteiger partial charge in [0.1, 0.15) is 17.5 Å². The van der Waals surface area contributed by atoms with E-state index < -0.39 is 6.04 Å². The lowest BCUT2D eigenvalue weighted by Crippen LogP contribution is -2.44. The van der Waals surface area contributed by atoms with Crippen LogP contribution >= 0.6 is 0 Å². The third-order valence-corrected chi connectivity index (χ3v) is 6.96. The molecule has 0 aromatic heterocycles. The second-order valence-corrected chi connectivity index (χ2v) is 9.23. The van der Waals surface area contributed by atoms with Gasteiger partial charge in [-0.3, -0.25) is 14.5 Å². The van der Waals surface area contributed by atoms with E-state index in [4.69, 9.17) is 4.74 Å². The fourth-order valence-electron chi connectivity index (χ4n) is 5.05. The van der Waals surface area contributed by atoms with Crippen LogP contribution in [0, 0.1) is 0 Å². The normalized spacial score (nSPS) is 20.1. The lowest BCUT2D eigenvalue weighted by atomic mass is 10.0. The maximum Gasteiger partial charge on any atom is 0.238 e. The van der Waals surface area contributed by atoms with Crippen LogP contribution in [-0.2, 0) is 4.79 Å². The SMILES string of the molecule is COc1ccc(C2=C3C(=O)c4c(NC(=O)CN5CCC(N(C)C)CC5)cccc4C3N=N2)cc1. The fraction of sp³-hybridized carbons (Fsp3) is 0.385. The number of nitrogens with zero attached hydrogens (tertiary/aromatic N) is 4. The van der Waals surface area contributed by atoms with E-state index in [0.29, 0.717) is 35.1 Å². The maximum atomic E-state index is 13.5. The topological polar surface area (TPSA) is 86.6 Å². The Labute approximate surface area is 199 Å². The molecule has 8 nitrogen and oxygen atoms in total. The molecule has 3 aliphatic rings. The fourth-order valence-corrected chi connectivity index (χ4v) is 5.05. The molecule has 2 aromatic rings. The summed E-state index contributed by atoms with van der Waals surface area (Å²) in [5, 5.41) is 11.7. The van der Waals surface area contributed by atoms with Crippen LogP contribution in [0.3, 0.4) is 0 Å². The molecule has 0 saturated carbocycles. The van der Waals surface area contributed by atoms with Gasteiger partial charge in [0.2, 0.25) is 5.91 Å². The Morgan fingerprint density at radius 1 is 1.15 bits per heavy atom. The van der Waals surface area contributed by atoms with E-state index >= 15 is 0 Å². The van der Waals surface area contributed by atoms with Crippen LogP contribution in [0.4, 0.5) is 5.69 Å². The molecule has 1 saturated heterocycles. The van der Waals surface area contributed by atoms with Crippen LogP contribution in [-0.4, -0.2) is 68.4 Å². The highest BCUT2D eigenvalue weighted by Gasteiger charge is 2.42. The molecule has 2 heterocycles. The number of likely N-dealkylation sites (tertiary alicyclic amines) is 1. The molecule has 176 valence electrons. The molecule has 8 heteroatoms. The third kappa shape index (κ3) is 4.03. The van der Waals surface area contributed by atoms with Crippen molar-refractivity contribution < 1.29 is 14.3 Å². The molecule has 1 amide bonds. The van der Waals surface area contributed by atoms with Gasteiger partial charge in [-0.25, -0.2) is 0 Å². The van der Waals surface area contributed by atoms with Crippen molar-refractivity contribution >= 4 is 23.1 Å². The van der Waals surface area contributed by atoms with Crippen molar-refractivity contribution in [3.63, 3.8) is 0 Å². The van der Waals surface area contributed by atoms with E-state index in [1.54, 1.807) is 13.2 Å². The number of piperidine rings is 1. The summed E-state index contributed by atoms with van der Waals surface area (Å²) in [7, 11) is 5.82. The first kappa shape index (κ1) is 22.4. The average molecular weight is 460 g/mol. The summed E-state index contributed by atoms with van der Waals surface area (Å²) in [5.41, 5.74) is 3.81. The molecule has 1 N–H and O–H groups in total. The number of benzene rings is 2. The minimum absolute atomic E-state index is 0.104. The number of methoxy groups -OCH3 is 1. The molecule has 1 unspecified atom stereocenters. The maximum absolute atomic E-state index is 13.5. The Kier molecular flexibility index (Phi) is 6.02. The molecule has 34 heavy (non-hydrogen) atoms. The van der Waals surface area contributed by atoms with E-state index in [0.717, 1.165) is 42.8 Å². The van der Waals surface area contributed by atoms with Crippen molar-refractivity contribution in [2.45, 2.75) is 24.9 Å². The molecular formula is C26H29N5O3. The minimum Gasteiger partial charge on any atom is -0.497 e. The van der Waals surface area contributed by atoms with Gasteiger partial charge < -0.3 is 15.0 Å². The summed E-state index contributed by atoms with van der Waals surface area (Å²) in [4.78, 5) is 30.8. The first-order valence-electron chi connectivity index (χ1n) is 11.6. The van der Waals surface area contributed by atoms with Crippen LogP contribution in [0.5, 0.6) is 5.75 Å². The zero-order chi connectivity index (χ0) is 23.8. The van der Waals surface area contributed by atoms with E-state index in [1.807, 2.05) is 36.4 Å². The molecular weight excluding hydrogens is 430 g/mol. The molecule has 2 aliphatic heterocycles. The van der Waals surface area contributed by atoms with Gasteiger partial charge in [-0.1, -0.05) is 12.1 Å². The molecule has 1 aliphatic carbocycles. The number of ether oxygens (including phenoxy) is 1. The summed E-state index contributed by atoms with van der Waals surface area (Å²) in [6.45, 7) is 2.10. The smallest absolute Gasteiger partial charge is 0.238 e. The van der Waals surface area contributed by atoms with Crippen molar-refractivity contribution in [3.05, 3.63) is 64.7 Å². The van der Waals surface area contributed by atoms with Gasteiger partial charge in [0, 0.05) is 24.7 Å². The highest BCUT2D eigenvalue weighted by molar-refractivity contribution is 6.22. The van der Waals surface area contributed by atoms with Crippen LogP contribution in [0.2, 0.25) is 0 Å². The quantitative estimate of drug-likeness (QED) is 0.711. The number of Topliss-reactive ketones (excluding diaryl/α,β-unsaturated/α-hetero) is 1. The van der Waals surface area contributed by atoms with Crippen molar-refractivity contribution in [2.24, 2.45) is 10.2 Å². The Balaban J connectivity index is 1.34. The van der Waals surface area contributed by atoms with E-state index in [9.17, 15) is 9.59 Å². The molecule has 2 aromatic carbocycles. The number of hydrogen-bond acceptors (Lipinski definition) is 7. The largest absolute Gasteiger partial charge is 0.497 e. The number of nitrogens with one attached hydrogen (secondary N) is 1. The minimum atomic E-state index is -0.429. The van der Waals surface area contributed by atoms with E-state index in [-0.39, 0.29) is 11.7 Å². The molecule has 1 fully saturated rings. The van der Waals surface area contributed by atoms with Gasteiger partial charge in [0.15, 0.2) is 5.78 Å². The lowest BCUT2D eigenvalue weighted by Gasteiger charge is -2.34. The van der Waals surface area contributed by atoms with Gasteiger partial charge in [-0.05, 0) is 62.8 Å². The first-order valence-corrected chi connectivity index (χ1v) is 11.6. The number of rotatable bonds is 6. The standard InChI is InChI=1S/C26H29N5O3/c1-30(2)17-11-13-31(14-12-17)15-21(32)27-20-6-4-5-19-22(20)26(33)23-24(28-29-25(19)23)16-7-9-18(34-3)10-8-16/h4-10,17,25H,11-15H2,1-3H3,(H,27,32).